The Labute approximate surface area is 298 Å². The first-order valence-electron chi connectivity index (χ1n) is 17.3. The molecule has 51 heavy (non-hydrogen) atoms. The van der Waals surface area contributed by atoms with E-state index in [-0.39, 0.29) is 5.41 Å². The Bertz CT molecular complexity index is 2500. The molecular formula is C47H34N4. The van der Waals surface area contributed by atoms with Gasteiger partial charge in [0.2, 0.25) is 0 Å². The zero-order chi connectivity index (χ0) is 34.4. The minimum absolute atomic E-state index is 0.0124. The summed E-state index contributed by atoms with van der Waals surface area (Å²) in [5.74, 6) is 1.91. The highest BCUT2D eigenvalue weighted by molar-refractivity contribution is 5.85. The normalized spacial score (nSPS) is 12.7. The van der Waals surface area contributed by atoms with Gasteiger partial charge in [-0.15, -0.1) is 0 Å². The van der Waals surface area contributed by atoms with Gasteiger partial charge in [-0.3, -0.25) is 4.98 Å². The molecule has 4 nitrogen and oxygen atoms in total. The maximum Gasteiger partial charge on any atom is 0.164 e. The molecule has 0 unspecified atom stereocenters. The summed E-state index contributed by atoms with van der Waals surface area (Å²) < 4.78 is 0. The number of aromatic nitrogens is 4. The summed E-state index contributed by atoms with van der Waals surface area (Å²) in [5.41, 5.74) is 15.0. The molecule has 6 aromatic carbocycles. The predicted molar refractivity (Wildman–Crippen MR) is 208 cm³/mol. The van der Waals surface area contributed by atoms with Crippen LogP contribution in [0.3, 0.4) is 0 Å². The molecule has 0 radical (unpaired) electrons. The molecule has 1 aliphatic rings. The average molecular weight is 655 g/mol. The predicted octanol–water partition coefficient (Wildman–Crippen LogP) is 11.6. The zero-order valence-corrected chi connectivity index (χ0v) is 28.5. The van der Waals surface area contributed by atoms with Crippen molar-refractivity contribution in [3.8, 4) is 78.8 Å². The van der Waals surface area contributed by atoms with Crippen molar-refractivity contribution in [2.75, 3.05) is 0 Å². The molecule has 0 fully saturated rings. The van der Waals surface area contributed by atoms with Crippen LogP contribution in [0.25, 0.3) is 78.8 Å². The number of benzene rings is 6. The Hall–Kier alpha value is -6.52. The van der Waals surface area contributed by atoms with Crippen molar-refractivity contribution in [1.29, 1.82) is 0 Å². The quantitative estimate of drug-likeness (QED) is 0.179. The van der Waals surface area contributed by atoms with E-state index in [9.17, 15) is 0 Å². The number of nitrogens with zero attached hydrogens (tertiary/aromatic N) is 4. The van der Waals surface area contributed by atoms with Gasteiger partial charge in [0.25, 0.3) is 0 Å². The summed E-state index contributed by atoms with van der Waals surface area (Å²) in [7, 11) is 0. The third kappa shape index (κ3) is 5.61. The number of rotatable bonds is 6. The molecule has 0 N–H and O–H groups in total. The van der Waals surface area contributed by atoms with Gasteiger partial charge in [0.15, 0.2) is 17.5 Å². The van der Waals surface area contributed by atoms with Crippen LogP contribution in [0.5, 0.6) is 0 Å². The van der Waals surface area contributed by atoms with E-state index >= 15 is 0 Å². The largest absolute Gasteiger partial charge is 0.256 e. The molecule has 0 bridgehead atoms. The number of hydrogen-bond acceptors (Lipinski definition) is 4. The molecule has 0 atom stereocenters. The molecule has 0 spiro atoms. The highest BCUT2D eigenvalue weighted by atomic mass is 15.0. The molecule has 0 saturated heterocycles. The molecule has 242 valence electrons. The van der Waals surface area contributed by atoms with Crippen molar-refractivity contribution in [1.82, 2.24) is 19.9 Å². The number of hydrogen-bond donors (Lipinski definition) is 0. The van der Waals surface area contributed by atoms with Crippen LogP contribution in [0.2, 0.25) is 0 Å². The highest BCUT2D eigenvalue weighted by Crippen LogP contribution is 2.49. The SMILES string of the molecule is CC1(C)c2ccccc2-c2cc(-c3ccc(-c4ccc(-c5nc(-c6ccccc6)nc(-c6ccc(-c7ccccn7)cc6)n5)cc4)cc3)ccc21. The van der Waals surface area contributed by atoms with E-state index in [0.29, 0.717) is 17.5 Å². The fourth-order valence-electron chi connectivity index (χ4n) is 7.24. The maximum atomic E-state index is 4.96. The van der Waals surface area contributed by atoms with Gasteiger partial charge in [0, 0.05) is 33.9 Å². The third-order valence-electron chi connectivity index (χ3n) is 10.0. The summed E-state index contributed by atoms with van der Waals surface area (Å²) in [5, 5.41) is 0. The fraction of sp³-hybridized carbons (Fsp3) is 0.0638. The lowest BCUT2D eigenvalue weighted by Crippen LogP contribution is -2.14. The second kappa shape index (κ2) is 12.4. The summed E-state index contributed by atoms with van der Waals surface area (Å²) in [4.78, 5) is 19.3. The van der Waals surface area contributed by atoms with Gasteiger partial charge in [-0.1, -0.05) is 159 Å². The lowest BCUT2D eigenvalue weighted by molar-refractivity contribution is 0.660. The second-order valence-corrected chi connectivity index (χ2v) is 13.6. The van der Waals surface area contributed by atoms with Crippen molar-refractivity contribution >= 4 is 0 Å². The van der Waals surface area contributed by atoms with E-state index in [2.05, 4.69) is 122 Å². The third-order valence-corrected chi connectivity index (χ3v) is 10.0. The Morgan fingerprint density at radius 3 is 1.39 bits per heavy atom. The smallest absolute Gasteiger partial charge is 0.164 e. The topological polar surface area (TPSA) is 51.6 Å². The molecule has 8 aromatic rings. The van der Waals surface area contributed by atoms with Crippen molar-refractivity contribution in [2.45, 2.75) is 19.3 Å². The van der Waals surface area contributed by atoms with Gasteiger partial charge in [-0.25, -0.2) is 15.0 Å². The molecule has 9 rings (SSSR count). The van der Waals surface area contributed by atoms with Gasteiger partial charge in [0.1, 0.15) is 0 Å². The molecule has 2 heterocycles. The molecule has 4 heteroatoms. The maximum absolute atomic E-state index is 4.96. The first kappa shape index (κ1) is 30.5. The number of pyridine rings is 1. The van der Waals surface area contributed by atoms with Gasteiger partial charge in [0.05, 0.1) is 5.69 Å². The van der Waals surface area contributed by atoms with E-state index in [1.807, 2.05) is 66.9 Å². The van der Waals surface area contributed by atoms with Crippen LogP contribution < -0.4 is 0 Å². The van der Waals surface area contributed by atoms with Gasteiger partial charge in [-0.05, 0) is 62.7 Å². The van der Waals surface area contributed by atoms with Crippen molar-refractivity contribution in [3.05, 3.63) is 181 Å². The molecule has 0 saturated carbocycles. The fourth-order valence-corrected chi connectivity index (χ4v) is 7.24. The summed E-state index contributed by atoms with van der Waals surface area (Å²) in [6, 6.07) is 57.3. The minimum Gasteiger partial charge on any atom is -0.256 e. The summed E-state index contributed by atoms with van der Waals surface area (Å²) in [6.45, 7) is 4.64. The van der Waals surface area contributed by atoms with Crippen LogP contribution in [0, 0.1) is 0 Å². The molecule has 0 aliphatic heterocycles. The van der Waals surface area contributed by atoms with E-state index in [1.54, 1.807) is 0 Å². The standard InChI is InChI=1S/C47H34N4/c1-47(2)41-13-7-6-12-39(41)40-30-38(27-28-42(40)47)33-17-15-31(16-18-33)32-19-23-36(24-20-32)45-49-44(35-10-4-3-5-11-35)50-46(51-45)37-25-21-34(22-26-37)43-14-8-9-29-48-43/h3-30H,1-2H3. The average Bonchev–Trinajstić information content (AvgIpc) is 3.44. The van der Waals surface area contributed by atoms with E-state index in [4.69, 9.17) is 15.0 Å². The van der Waals surface area contributed by atoms with Crippen LogP contribution in [0.1, 0.15) is 25.0 Å². The molecule has 0 amide bonds. The van der Waals surface area contributed by atoms with Crippen LogP contribution in [-0.2, 0) is 5.41 Å². The van der Waals surface area contributed by atoms with Gasteiger partial charge < -0.3 is 0 Å². The Balaban J connectivity index is 1.01. The highest BCUT2D eigenvalue weighted by Gasteiger charge is 2.35. The van der Waals surface area contributed by atoms with Gasteiger partial charge in [-0.2, -0.15) is 0 Å². The second-order valence-electron chi connectivity index (χ2n) is 13.6. The van der Waals surface area contributed by atoms with Crippen molar-refractivity contribution in [2.24, 2.45) is 0 Å². The molecule has 2 aromatic heterocycles. The van der Waals surface area contributed by atoms with Crippen LogP contribution >= 0.6 is 0 Å². The lowest BCUT2D eigenvalue weighted by atomic mass is 9.82. The lowest BCUT2D eigenvalue weighted by Gasteiger charge is -2.21. The van der Waals surface area contributed by atoms with Crippen molar-refractivity contribution < 1.29 is 0 Å². The molecular weight excluding hydrogens is 621 g/mol. The Morgan fingerprint density at radius 2 is 0.804 bits per heavy atom. The zero-order valence-electron chi connectivity index (χ0n) is 28.5. The molecule has 1 aliphatic carbocycles. The first-order chi connectivity index (χ1) is 25.0. The monoisotopic (exact) mass is 654 g/mol. The Kier molecular flexibility index (Phi) is 7.44. The van der Waals surface area contributed by atoms with E-state index in [0.717, 1.165) is 39.1 Å². The van der Waals surface area contributed by atoms with E-state index < -0.39 is 0 Å². The van der Waals surface area contributed by atoms with E-state index in [1.165, 1.54) is 33.4 Å². The van der Waals surface area contributed by atoms with Crippen molar-refractivity contribution in [3.63, 3.8) is 0 Å². The van der Waals surface area contributed by atoms with Crippen LogP contribution in [0.4, 0.5) is 0 Å². The summed E-state index contributed by atoms with van der Waals surface area (Å²) in [6.07, 6.45) is 1.81. The van der Waals surface area contributed by atoms with Gasteiger partial charge >= 0.3 is 0 Å². The minimum atomic E-state index is 0.0124. The Morgan fingerprint density at radius 1 is 0.353 bits per heavy atom. The summed E-state index contributed by atoms with van der Waals surface area (Å²) >= 11 is 0. The first-order valence-corrected chi connectivity index (χ1v) is 17.3. The van der Waals surface area contributed by atoms with Crippen LogP contribution in [0.15, 0.2) is 170 Å². The number of fused-ring (bicyclic) bond motifs is 3. The van der Waals surface area contributed by atoms with Crippen LogP contribution in [-0.4, -0.2) is 19.9 Å².